The molecule has 0 spiro atoms. The Kier molecular flexibility index (Phi) is 4.66. The van der Waals surface area contributed by atoms with Gasteiger partial charge in [0.2, 0.25) is 0 Å². The van der Waals surface area contributed by atoms with Crippen molar-refractivity contribution in [2.45, 2.75) is 0 Å². The molecule has 0 amide bonds. The average molecular weight is 334 g/mol. The van der Waals surface area contributed by atoms with Gasteiger partial charge in [-0.25, -0.2) is 0 Å². The van der Waals surface area contributed by atoms with Gasteiger partial charge in [0.05, 0.1) is 11.4 Å². The van der Waals surface area contributed by atoms with Crippen LogP contribution in [-0.2, 0) is 0 Å². The summed E-state index contributed by atoms with van der Waals surface area (Å²) in [6.07, 6.45) is 4.17. The summed E-state index contributed by atoms with van der Waals surface area (Å²) in [7, 11) is 0. The van der Waals surface area contributed by atoms with E-state index in [2.05, 4.69) is 58.8 Å². The summed E-state index contributed by atoms with van der Waals surface area (Å²) in [6, 6.07) is 32.6. The van der Waals surface area contributed by atoms with Crippen LogP contribution in [0.4, 0.5) is 11.4 Å². The molecule has 124 valence electrons. The second kappa shape index (κ2) is 7.58. The van der Waals surface area contributed by atoms with E-state index in [0.717, 1.165) is 27.9 Å². The standard InChI is InChI=1S/C24H18N2/c1-2-9-19(10-3-1)17-18-21-12-5-7-15-23(21)25-26-24-16-8-13-20-11-4-6-14-22(20)24/h1-18H. The molecule has 0 saturated carbocycles. The number of benzene rings is 4. The summed E-state index contributed by atoms with van der Waals surface area (Å²) >= 11 is 0. The Morgan fingerprint density at radius 3 is 2.08 bits per heavy atom. The van der Waals surface area contributed by atoms with E-state index >= 15 is 0 Å². The second-order valence-corrected chi connectivity index (χ2v) is 6.00. The van der Waals surface area contributed by atoms with Gasteiger partial charge in [0.15, 0.2) is 0 Å². The number of nitrogens with zero attached hydrogens (tertiary/aromatic N) is 2. The predicted molar refractivity (Wildman–Crippen MR) is 110 cm³/mol. The summed E-state index contributed by atoms with van der Waals surface area (Å²) in [5.41, 5.74) is 3.94. The minimum absolute atomic E-state index is 0.854. The monoisotopic (exact) mass is 334 g/mol. The highest BCUT2D eigenvalue weighted by Crippen LogP contribution is 2.29. The van der Waals surface area contributed by atoms with Crippen LogP contribution in [-0.4, -0.2) is 0 Å². The lowest BCUT2D eigenvalue weighted by Crippen LogP contribution is -1.75. The Bertz CT molecular complexity index is 1070. The first-order valence-electron chi connectivity index (χ1n) is 8.62. The molecule has 2 nitrogen and oxygen atoms in total. The molecule has 4 rings (SSSR count). The molecule has 4 aromatic carbocycles. The van der Waals surface area contributed by atoms with Crippen LogP contribution in [0.15, 0.2) is 107 Å². The van der Waals surface area contributed by atoms with Gasteiger partial charge in [-0.3, -0.25) is 0 Å². The Balaban J connectivity index is 1.66. The minimum Gasteiger partial charge on any atom is -0.150 e. The summed E-state index contributed by atoms with van der Waals surface area (Å²) in [5, 5.41) is 11.3. The maximum Gasteiger partial charge on any atom is 0.0935 e. The maximum atomic E-state index is 4.51. The van der Waals surface area contributed by atoms with Crippen LogP contribution in [0, 0.1) is 0 Å². The van der Waals surface area contributed by atoms with Gasteiger partial charge in [-0.15, -0.1) is 10.2 Å². The van der Waals surface area contributed by atoms with Crippen molar-refractivity contribution in [1.82, 2.24) is 0 Å². The first-order chi connectivity index (χ1) is 12.9. The van der Waals surface area contributed by atoms with E-state index in [1.54, 1.807) is 0 Å². The van der Waals surface area contributed by atoms with Gasteiger partial charge in [0.25, 0.3) is 0 Å². The van der Waals surface area contributed by atoms with E-state index in [1.807, 2.05) is 60.7 Å². The smallest absolute Gasteiger partial charge is 0.0935 e. The summed E-state index contributed by atoms with van der Waals surface area (Å²) in [6.45, 7) is 0. The normalized spacial score (nSPS) is 11.5. The average Bonchev–Trinajstić information content (AvgIpc) is 2.72. The zero-order chi connectivity index (χ0) is 17.6. The van der Waals surface area contributed by atoms with Crippen molar-refractivity contribution in [1.29, 1.82) is 0 Å². The number of azo groups is 1. The van der Waals surface area contributed by atoms with E-state index in [-0.39, 0.29) is 0 Å². The van der Waals surface area contributed by atoms with Gasteiger partial charge in [-0.2, -0.15) is 0 Å². The number of fused-ring (bicyclic) bond motifs is 1. The largest absolute Gasteiger partial charge is 0.150 e. The molecule has 0 aromatic heterocycles. The van der Waals surface area contributed by atoms with Crippen molar-refractivity contribution < 1.29 is 0 Å². The van der Waals surface area contributed by atoms with Gasteiger partial charge in [-0.05, 0) is 23.1 Å². The lowest BCUT2D eigenvalue weighted by molar-refractivity contribution is 1.24. The highest BCUT2D eigenvalue weighted by molar-refractivity contribution is 5.92. The predicted octanol–water partition coefficient (Wildman–Crippen LogP) is 7.43. The van der Waals surface area contributed by atoms with E-state index in [4.69, 9.17) is 0 Å². The van der Waals surface area contributed by atoms with Gasteiger partial charge in [0, 0.05) is 10.9 Å². The van der Waals surface area contributed by atoms with Crippen LogP contribution in [0.1, 0.15) is 11.1 Å². The van der Waals surface area contributed by atoms with Gasteiger partial charge >= 0.3 is 0 Å². The molecule has 0 atom stereocenters. The molecular weight excluding hydrogens is 316 g/mol. The Labute approximate surface area is 153 Å². The fourth-order valence-electron chi connectivity index (χ4n) is 2.87. The van der Waals surface area contributed by atoms with Gasteiger partial charge in [0.1, 0.15) is 0 Å². The third-order valence-electron chi connectivity index (χ3n) is 4.22. The molecule has 0 heterocycles. The maximum absolute atomic E-state index is 4.51. The Hall–Kier alpha value is -3.52. The van der Waals surface area contributed by atoms with Crippen molar-refractivity contribution in [2.24, 2.45) is 10.2 Å². The highest BCUT2D eigenvalue weighted by atomic mass is 15.1. The van der Waals surface area contributed by atoms with Crippen molar-refractivity contribution in [3.63, 3.8) is 0 Å². The Morgan fingerprint density at radius 1 is 0.500 bits per heavy atom. The summed E-state index contributed by atoms with van der Waals surface area (Å²) < 4.78 is 0. The lowest BCUT2D eigenvalue weighted by Gasteiger charge is -2.02. The second-order valence-electron chi connectivity index (χ2n) is 6.00. The molecule has 0 aliphatic rings. The molecule has 0 fully saturated rings. The molecule has 2 heteroatoms. The molecule has 0 radical (unpaired) electrons. The van der Waals surface area contributed by atoms with Crippen LogP contribution >= 0.6 is 0 Å². The molecule has 0 saturated heterocycles. The van der Waals surface area contributed by atoms with Gasteiger partial charge < -0.3 is 0 Å². The van der Waals surface area contributed by atoms with Crippen LogP contribution < -0.4 is 0 Å². The fraction of sp³-hybridized carbons (Fsp3) is 0. The van der Waals surface area contributed by atoms with Crippen LogP contribution in [0.3, 0.4) is 0 Å². The zero-order valence-corrected chi connectivity index (χ0v) is 14.3. The van der Waals surface area contributed by atoms with Crippen molar-refractivity contribution in [3.05, 3.63) is 108 Å². The molecule has 0 unspecified atom stereocenters. The SMILES string of the molecule is C(=Cc1ccccc1N=Nc1cccc2ccccc12)c1ccccc1. The lowest BCUT2D eigenvalue weighted by atomic mass is 10.1. The van der Waals surface area contributed by atoms with Crippen molar-refractivity contribution in [2.75, 3.05) is 0 Å². The fourth-order valence-corrected chi connectivity index (χ4v) is 2.87. The number of hydrogen-bond donors (Lipinski definition) is 0. The van der Waals surface area contributed by atoms with Gasteiger partial charge in [-0.1, -0.05) is 97.1 Å². The summed E-state index contributed by atoms with van der Waals surface area (Å²) in [4.78, 5) is 0. The topological polar surface area (TPSA) is 24.7 Å². The molecular formula is C24H18N2. The molecule has 0 aliphatic carbocycles. The molecule has 0 aliphatic heterocycles. The third kappa shape index (κ3) is 3.60. The first-order valence-corrected chi connectivity index (χ1v) is 8.62. The van der Waals surface area contributed by atoms with E-state index in [0.29, 0.717) is 0 Å². The Morgan fingerprint density at radius 2 is 1.15 bits per heavy atom. The van der Waals surface area contributed by atoms with Crippen molar-refractivity contribution in [3.8, 4) is 0 Å². The van der Waals surface area contributed by atoms with Crippen LogP contribution in [0.5, 0.6) is 0 Å². The molecule has 26 heavy (non-hydrogen) atoms. The summed E-state index contributed by atoms with van der Waals surface area (Å²) in [5.74, 6) is 0. The van der Waals surface area contributed by atoms with Crippen LogP contribution in [0.2, 0.25) is 0 Å². The van der Waals surface area contributed by atoms with Crippen molar-refractivity contribution >= 4 is 34.3 Å². The highest BCUT2D eigenvalue weighted by Gasteiger charge is 2.00. The zero-order valence-electron chi connectivity index (χ0n) is 14.3. The number of rotatable bonds is 4. The van der Waals surface area contributed by atoms with E-state index in [1.165, 1.54) is 5.39 Å². The van der Waals surface area contributed by atoms with Crippen LogP contribution in [0.25, 0.3) is 22.9 Å². The third-order valence-corrected chi connectivity index (χ3v) is 4.22. The quantitative estimate of drug-likeness (QED) is 0.274. The first kappa shape index (κ1) is 16.0. The molecule has 0 bridgehead atoms. The minimum atomic E-state index is 0.854. The van der Waals surface area contributed by atoms with E-state index in [9.17, 15) is 0 Å². The molecule has 4 aromatic rings. The number of hydrogen-bond acceptors (Lipinski definition) is 2. The molecule has 0 N–H and O–H groups in total. The van der Waals surface area contributed by atoms with E-state index < -0.39 is 0 Å².